The Balaban J connectivity index is 2.25. The first-order valence-corrected chi connectivity index (χ1v) is 5.48. The topological polar surface area (TPSA) is 36.4 Å². The third-order valence-corrected chi connectivity index (χ3v) is 2.53. The Morgan fingerprint density at radius 2 is 2.07 bits per heavy atom. The van der Waals surface area contributed by atoms with E-state index in [9.17, 15) is 5.11 Å². The van der Waals surface area contributed by atoms with Crippen molar-refractivity contribution in [3.63, 3.8) is 0 Å². The van der Waals surface area contributed by atoms with Crippen LogP contribution in [0.2, 0.25) is 0 Å². The van der Waals surface area contributed by atoms with E-state index >= 15 is 0 Å². The predicted octanol–water partition coefficient (Wildman–Crippen LogP) is 1.33. The Bertz CT molecular complexity index is 264. The van der Waals surface area contributed by atoms with Crippen LogP contribution in [0.25, 0.3) is 0 Å². The molecule has 0 fully saturated rings. The highest BCUT2D eigenvalue weighted by molar-refractivity contribution is 5.09. The summed E-state index contributed by atoms with van der Waals surface area (Å²) < 4.78 is 0. The van der Waals surface area contributed by atoms with E-state index in [1.807, 2.05) is 38.5 Å². The number of aliphatic hydroxyl groups excluding tert-OH is 1. The molecule has 0 saturated carbocycles. The van der Waals surface area contributed by atoms with Crippen molar-refractivity contribution in [3.05, 3.63) is 30.1 Å². The van der Waals surface area contributed by atoms with Gasteiger partial charge in [-0.15, -0.1) is 0 Å². The average molecular weight is 208 g/mol. The number of rotatable bonds is 6. The van der Waals surface area contributed by atoms with Gasteiger partial charge in [-0.1, -0.05) is 6.92 Å². The van der Waals surface area contributed by atoms with E-state index in [1.54, 1.807) is 0 Å². The molecule has 84 valence electrons. The number of aliphatic hydroxyl groups is 1. The van der Waals surface area contributed by atoms with Gasteiger partial charge in [0.25, 0.3) is 0 Å². The van der Waals surface area contributed by atoms with Crippen molar-refractivity contribution >= 4 is 0 Å². The molecule has 0 aromatic carbocycles. The number of hydrogen-bond donors (Lipinski definition) is 1. The minimum absolute atomic E-state index is 0.201. The summed E-state index contributed by atoms with van der Waals surface area (Å²) in [6.45, 7) is 3.73. The van der Waals surface area contributed by atoms with E-state index in [0.29, 0.717) is 0 Å². The SMILES string of the molecule is CCC(O)CN(C)CCc1ccncc1. The molecule has 0 radical (unpaired) electrons. The van der Waals surface area contributed by atoms with Crippen LogP contribution in [0, 0.1) is 0 Å². The predicted molar refractivity (Wildman–Crippen MR) is 61.7 cm³/mol. The first-order chi connectivity index (χ1) is 7.22. The molecule has 3 heteroatoms. The molecule has 1 N–H and O–H groups in total. The highest BCUT2D eigenvalue weighted by Crippen LogP contribution is 2.00. The van der Waals surface area contributed by atoms with Gasteiger partial charge >= 0.3 is 0 Å². The van der Waals surface area contributed by atoms with Crippen molar-refractivity contribution in [1.82, 2.24) is 9.88 Å². The highest BCUT2D eigenvalue weighted by atomic mass is 16.3. The monoisotopic (exact) mass is 208 g/mol. The number of aromatic nitrogens is 1. The Morgan fingerprint density at radius 3 is 2.67 bits per heavy atom. The molecule has 0 bridgehead atoms. The van der Waals surface area contributed by atoms with Gasteiger partial charge in [-0.05, 0) is 37.6 Å². The maximum Gasteiger partial charge on any atom is 0.0664 e. The van der Waals surface area contributed by atoms with E-state index in [4.69, 9.17) is 0 Å². The molecule has 15 heavy (non-hydrogen) atoms. The molecule has 1 rings (SSSR count). The van der Waals surface area contributed by atoms with E-state index in [-0.39, 0.29) is 6.10 Å². The van der Waals surface area contributed by atoms with Crippen molar-refractivity contribution < 1.29 is 5.11 Å². The third kappa shape index (κ3) is 4.91. The van der Waals surface area contributed by atoms with Crippen molar-refractivity contribution in [1.29, 1.82) is 0 Å². The van der Waals surface area contributed by atoms with Gasteiger partial charge in [0.05, 0.1) is 6.10 Å². The zero-order valence-corrected chi connectivity index (χ0v) is 9.56. The van der Waals surface area contributed by atoms with Gasteiger partial charge in [0.2, 0.25) is 0 Å². The molecule has 0 aliphatic carbocycles. The summed E-state index contributed by atoms with van der Waals surface area (Å²) in [5.41, 5.74) is 1.29. The summed E-state index contributed by atoms with van der Waals surface area (Å²) >= 11 is 0. The fourth-order valence-electron chi connectivity index (χ4n) is 1.45. The van der Waals surface area contributed by atoms with Crippen LogP contribution >= 0.6 is 0 Å². The maximum atomic E-state index is 9.47. The zero-order chi connectivity index (χ0) is 11.1. The average Bonchev–Trinajstić information content (AvgIpc) is 2.27. The molecular formula is C12H20N2O. The molecule has 0 aliphatic heterocycles. The van der Waals surface area contributed by atoms with Gasteiger partial charge in [0.1, 0.15) is 0 Å². The second-order valence-electron chi connectivity index (χ2n) is 3.93. The lowest BCUT2D eigenvalue weighted by molar-refractivity contribution is 0.123. The molecule has 1 atom stereocenters. The van der Waals surface area contributed by atoms with Gasteiger partial charge in [-0.25, -0.2) is 0 Å². The Kier molecular flexibility index (Phi) is 5.29. The molecular weight excluding hydrogens is 188 g/mol. The summed E-state index contributed by atoms with van der Waals surface area (Å²) in [6, 6.07) is 4.06. The summed E-state index contributed by atoms with van der Waals surface area (Å²) in [5.74, 6) is 0. The number of hydrogen-bond acceptors (Lipinski definition) is 3. The first kappa shape index (κ1) is 12.1. The fraction of sp³-hybridized carbons (Fsp3) is 0.583. The Hall–Kier alpha value is -0.930. The van der Waals surface area contributed by atoms with Crippen molar-refractivity contribution in [2.24, 2.45) is 0 Å². The maximum absolute atomic E-state index is 9.47. The van der Waals surface area contributed by atoms with E-state index in [0.717, 1.165) is 25.9 Å². The molecule has 3 nitrogen and oxygen atoms in total. The second-order valence-corrected chi connectivity index (χ2v) is 3.93. The Labute approximate surface area is 91.8 Å². The van der Waals surface area contributed by atoms with Gasteiger partial charge in [0, 0.05) is 25.5 Å². The number of likely N-dealkylation sites (N-methyl/N-ethyl adjacent to an activating group) is 1. The van der Waals surface area contributed by atoms with Gasteiger partial charge in [-0.2, -0.15) is 0 Å². The van der Waals surface area contributed by atoms with Crippen LogP contribution in [0.15, 0.2) is 24.5 Å². The molecule has 0 saturated heterocycles. The van der Waals surface area contributed by atoms with Gasteiger partial charge < -0.3 is 10.0 Å². The lowest BCUT2D eigenvalue weighted by atomic mass is 10.2. The molecule has 0 aliphatic rings. The van der Waals surface area contributed by atoms with Crippen LogP contribution in [0.1, 0.15) is 18.9 Å². The number of nitrogens with zero attached hydrogens (tertiary/aromatic N) is 2. The van der Waals surface area contributed by atoms with Gasteiger partial charge in [0.15, 0.2) is 0 Å². The highest BCUT2D eigenvalue weighted by Gasteiger charge is 2.05. The normalized spacial score (nSPS) is 13.1. The van der Waals surface area contributed by atoms with Crippen LogP contribution in [0.4, 0.5) is 0 Å². The molecule has 1 unspecified atom stereocenters. The first-order valence-electron chi connectivity index (χ1n) is 5.48. The minimum atomic E-state index is -0.201. The van der Waals surface area contributed by atoms with Crippen molar-refractivity contribution in [2.75, 3.05) is 20.1 Å². The Morgan fingerprint density at radius 1 is 1.40 bits per heavy atom. The summed E-state index contributed by atoms with van der Waals surface area (Å²) in [5, 5.41) is 9.47. The van der Waals surface area contributed by atoms with Gasteiger partial charge in [-0.3, -0.25) is 4.98 Å². The molecule has 1 aromatic rings. The molecule has 1 heterocycles. The van der Waals surface area contributed by atoms with Crippen LogP contribution in [-0.4, -0.2) is 41.2 Å². The second kappa shape index (κ2) is 6.53. The zero-order valence-electron chi connectivity index (χ0n) is 9.56. The quantitative estimate of drug-likeness (QED) is 0.766. The third-order valence-electron chi connectivity index (χ3n) is 2.53. The standard InChI is InChI=1S/C12H20N2O/c1-3-12(15)10-14(2)9-6-11-4-7-13-8-5-11/h4-5,7-8,12,15H,3,6,9-10H2,1-2H3. The largest absolute Gasteiger partial charge is 0.392 e. The fourth-order valence-corrected chi connectivity index (χ4v) is 1.45. The van der Waals surface area contributed by atoms with Crippen LogP contribution in [0.3, 0.4) is 0 Å². The van der Waals surface area contributed by atoms with Crippen LogP contribution in [-0.2, 0) is 6.42 Å². The summed E-state index contributed by atoms with van der Waals surface area (Å²) in [4.78, 5) is 6.14. The lowest BCUT2D eigenvalue weighted by Gasteiger charge is -2.19. The smallest absolute Gasteiger partial charge is 0.0664 e. The molecule has 0 amide bonds. The summed E-state index contributed by atoms with van der Waals surface area (Å²) in [6.07, 6.45) is 5.26. The van der Waals surface area contributed by atoms with Crippen molar-refractivity contribution in [2.45, 2.75) is 25.9 Å². The molecule has 0 spiro atoms. The van der Waals surface area contributed by atoms with Crippen LogP contribution in [0.5, 0.6) is 0 Å². The number of pyridine rings is 1. The van der Waals surface area contributed by atoms with E-state index in [1.165, 1.54) is 5.56 Å². The summed E-state index contributed by atoms with van der Waals surface area (Å²) in [7, 11) is 2.04. The molecule has 1 aromatic heterocycles. The van der Waals surface area contributed by atoms with E-state index in [2.05, 4.69) is 9.88 Å². The lowest BCUT2D eigenvalue weighted by Crippen LogP contribution is -2.30. The minimum Gasteiger partial charge on any atom is -0.392 e. The van der Waals surface area contributed by atoms with E-state index < -0.39 is 0 Å². The van der Waals surface area contributed by atoms with Crippen LogP contribution < -0.4 is 0 Å². The van der Waals surface area contributed by atoms with Crippen molar-refractivity contribution in [3.8, 4) is 0 Å².